The van der Waals surface area contributed by atoms with Crippen LogP contribution in [0.1, 0.15) is 66.3 Å². The molecule has 33 heavy (non-hydrogen) atoms. The standard InChI is InChI=1S/C29H36N2O2/c1-18-5-7-24(8-6-18)28-12-22-11-23(13-28)15-29(14-22,17-28)27(33)30-16-25(32)31-26-20(3)9-19(2)10-21(26)4/h5-10,22-23H,11-17H2,1-4H3,(H,30,33)(H,31,32). The molecule has 0 heterocycles. The number of anilines is 1. The van der Waals surface area contributed by atoms with Gasteiger partial charge in [-0.2, -0.15) is 0 Å². The molecule has 2 aromatic rings. The van der Waals surface area contributed by atoms with E-state index in [4.69, 9.17) is 0 Å². The Morgan fingerprint density at radius 1 is 0.879 bits per heavy atom. The summed E-state index contributed by atoms with van der Waals surface area (Å²) in [5.41, 5.74) is 6.61. The third-order valence-electron chi connectivity index (χ3n) is 8.56. The van der Waals surface area contributed by atoms with E-state index in [1.807, 2.05) is 13.8 Å². The van der Waals surface area contributed by atoms with Crippen LogP contribution in [0.4, 0.5) is 5.69 Å². The van der Waals surface area contributed by atoms with Gasteiger partial charge < -0.3 is 10.6 Å². The van der Waals surface area contributed by atoms with Crippen molar-refractivity contribution in [3.8, 4) is 0 Å². The Hall–Kier alpha value is -2.62. The molecule has 4 nitrogen and oxygen atoms in total. The maximum Gasteiger partial charge on any atom is 0.243 e. The van der Waals surface area contributed by atoms with E-state index in [0.29, 0.717) is 11.8 Å². The first-order valence-corrected chi connectivity index (χ1v) is 12.4. The fourth-order valence-electron chi connectivity index (χ4n) is 7.68. The minimum Gasteiger partial charge on any atom is -0.347 e. The second-order valence-electron chi connectivity index (χ2n) is 11.4. The number of amides is 2. The molecule has 2 unspecified atom stereocenters. The van der Waals surface area contributed by atoms with Gasteiger partial charge >= 0.3 is 0 Å². The highest BCUT2D eigenvalue weighted by Crippen LogP contribution is 2.65. The van der Waals surface area contributed by atoms with Crippen LogP contribution in [-0.2, 0) is 15.0 Å². The molecular formula is C29H36N2O2. The lowest BCUT2D eigenvalue weighted by Gasteiger charge is -2.61. The lowest BCUT2D eigenvalue weighted by atomic mass is 9.42. The highest BCUT2D eigenvalue weighted by atomic mass is 16.2. The molecule has 2 atom stereocenters. The molecule has 4 bridgehead atoms. The van der Waals surface area contributed by atoms with Crippen molar-refractivity contribution in [2.45, 2.75) is 71.6 Å². The number of hydrogen-bond acceptors (Lipinski definition) is 2. The normalized spacial score (nSPS) is 29.7. The van der Waals surface area contributed by atoms with Crippen LogP contribution in [0.15, 0.2) is 36.4 Å². The molecule has 0 spiro atoms. The van der Waals surface area contributed by atoms with Crippen LogP contribution < -0.4 is 10.6 Å². The van der Waals surface area contributed by atoms with Gasteiger partial charge in [-0.3, -0.25) is 9.59 Å². The fourth-order valence-corrected chi connectivity index (χ4v) is 7.68. The van der Waals surface area contributed by atoms with Crippen LogP contribution in [0, 0.1) is 44.9 Å². The van der Waals surface area contributed by atoms with E-state index >= 15 is 0 Å². The molecule has 4 aliphatic carbocycles. The lowest BCUT2D eigenvalue weighted by Crippen LogP contribution is -2.59. The van der Waals surface area contributed by atoms with Crippen LogP contribution >= 0.6 is 0 Å². The van der Waals surface area contributed by atoms with E-state index in [-0.39, 0.29) is 29.2 Å². The number of carbonyl (C=O) groups excluding carboxylic acids is 2. The number of hydrogen-bond donors (Lipinski definition) is 2. The highest BCUT2D eigenvalue weighted by Gasteiger charge is 2.60. The molecule has 6 rings (SSSR count). The van der Waals surface area contributed by atoms with Gasteiger partial charge in [-0.25, -0.2) is 0 Å². The van der Waals surface area contributed by atoms with Crippen molar-refractivity contribution in [2.75, 3.05) is 11.9 Å². The van der Waals surface area contributed by atoms with Crippen molar-refractivity contribution in [3.63, 3.8) is 0 Å². The summed E-state index contributed by atoms with van der Waals surface area (Å²) in [7, 11) is 0. The summed E-state index contributed by atoms with van der Waals surface area (Å²) in [6.07, 6.45) is 6.53. The summed E-state index contributed by atoms with van der Waals surface area (Å²) in [4.78, 5) is 26.3. The summed E-state index contributed by atoms with van der Waals surface area (Å²) in [6.45, 7) is 8.23. The van der Waals surface area contributed by atoms with Gasteiger partial charge in [-0.15, -0.1) is 0 Å². The zero-order valence-electron chi connectivity index (χ0n) is 20.4. The quantitative estimate of drug-likeness (QED) is 0.639. The predicted molar refractivity (Wildman–Crippen MR) is 132 cm³/mol. The lowest BCUT2D eigenvalue weighted by molar-refractivity contribution is -0.149. The van der Waals surface area contributed by atoms with Gasteiger partial charge in [0.25, 0.3) is 0 Å². The first-order chi connectivity index (χ1) is 15.7. The molecule has 0 aromatic heterocycles. The Morgan fingerprint density at radius 2 is 1.48 bits per heavy atom. The van der Waals surface area contributed by atoms with Crippen molar-refractivity contribution in [1.29, 1.82) is 0 Å². The topological polar surface area (TPSA) is 58.2 Å². The maximum absolute atomic E-state index is 13.6. The number of nitrogens with one attached hydrogen (secondary N) is 2. The molecule has 4 saturated carbocycles. The Kier molecular flexibility index (Phi) is 5.38. The Morgan fingerprint density at radius 3 is 2.09 bits per heavy atom. The van der Waals surface area contributed by atoms with Gasteiger partial charge in [0.05, 0.1) is 12.0 Å². The summed E-state index contributed by atoms with van der Waals surface area (Å²) >= 11 is 0. The van der Waals surface area contributed by atoms with E-state index < -0.39 is 0 Å². The second kappa shape index (κ2) is 8.00. The van der Waals surface area contributed by atoms with E-state index in [9.17, 15) is 9.59 Å². The van der Waals surface area contributed by atoms with Crippen LogP contribution in [0.25, 0.3) is 0 Å². The zero-order valence-corrected chi connectivity index (χ0v) is 20.4. The molecule has 4 fully saturated rings. The van der Waals surface area contributed by atoms with Crippen molar-refractivity contribution < 1.29 is 9.59 Å². The monoisotopic (exact) mass is 444 g/mol. The van der Waals surface area contributed by atoms with E-state index in [1.165, 1.54) is 36.0 Å². The molecule has 2 amide bonds. The first-order valence-electron chi connectivity index (χ1n) is 12.4. The SMILES string of the molecule is Cc1ccc(C23CC4CC(CC(C(=O)NCC(=O)Nc5c(C)cc(C)cc5C)(C4)C2)C3)cc1. The van der Waals surface area contributed by atoms with Gasteiger partial charge in [0.2, 0.25) is 11.8 Å². The van der Waals surface area contributed by atoms with Gasteiger partial charge in [-0.05, 0) is 100 Å². The van der Waals surface area contributed by atoms with Crippen molar-refractivity contribution >= 4 is 17.5 Å². The summed E-state index contributed by atoms with van der Waals surface area (Å²) in [5.74, 6) is 1.16. The van der Waals surface area contributed by atoms with Crippen LogP contribution in [0.3, 0.4) is 0 Å². The van der Waals surface area contributed by atoms with Crippen LogP contribution in [-0.4, -0.2) is 18.4 Å². The molecule has 4 aliphatic rings. The predicted octanol–water partition coefficient (Wildman–Crippen LogP) is 5.51. The minimum atomic E-state index is -0.328. The number of rotatable bonds is 5. The van der Waals surface area contributed by atoms with E-state index in [0.717, 1.165) is 36.1 Å². The van der Waals surface area contributed by atoms with Gasteiger partial charge in [-0.1, -0.05) is 47.5 Å². The molecular weight excluding hydrogens is 408 g/mol. The second-order valence-corrected chi connectivity index (χ2v) is 11.4. The molecule has 2 N–H and O–H groups in total. The largest absolute Gasteiger partial charge is 0.347 e. The summed E-state index contributed by atoms with van der Waals surface area (Å²) in [6, 6.07) is 13.1. The van der Waals surface area contributed by atoms with Crippen LogP contribution in [0.5, 0.6) is 0 Å². The van der Waals surface area contributed by atoms with Crippen LogP contribution in [0.2, 0.25) is 0 Å². The number of carbonyl (C=O) groups is 2. The Labute approximate surface area is 197 Å². The zero-order chi connectivity index (χ0) is 23.4. The molecule has 0 saturated heterocycles. The molecule has 2 aromatic carbocycles. The molecule has 174 valence electrons. The summed E-state index contributed by atoms with van der Waals surface area (Å²) in [5, 5.41) is 6.06. The Balaban J connectivity index is 1.30. The Bertz CT molecular complexity index is 1060. The minimum absolute atomic E-state index is 0.0280. The third-order valence-corrected chi connectivity index (χ3v) is 8.56. The molecule has 0 radical (unpaired) electrons. The van der Waals surface area contributed by atoms with Gasteiger partial charge in [0, 0.05) is 5.69 Å². The summed E-state index contributed by atoms with van der Waals surface area (Å²) < 4.78 is 0. The van der Waals surface area contributed by atoms with Gasteiger partial charge in [0.15, 0.2) is 0 Å². The first kappa shape index (κ1) is 22.2. The van der Waals surface area contributed by atoms with Gasteiger partial charge in [0.1, 0.15) is 0 Å². The molecule has 4 heteroatoms. The number of aryl methyl sites for hydroxylation is 4. The van der Waals surface area contributed by atoms with Crippen molar-refractivity contribution in [2.24, 2.45) is 17.3 Å². The van der Waals surface area contributed by atoms with E-state index in [1.54, 1.807) is 0 Å². The maximum atomic E-state index is 13.6. The number of benzene rings is 2. The van der Waals surface area contributed by atoms with Crippen molar-refractivity contribution in [3.05, 3.63) is 64.2 Å². The highest BCUT2D eigenvalue weighted by molar-refractivity contribution is 5.96. The smallest absolute Gasteiger partial charge is 0.243 e. The van der Waals surface area contributed by atoms with E-state index in [2.05, 4.69) is 60.9 Å². The van der Waals surface area contributed by atoms with Crippen molar-refractivity contribution in [1.82, 2.24) is 5.32 Å². The average Bonchev–Trinajstić information content (AvgIpc) is 2.74. The third kappa shape index (κ3) is 3.98. The average molecular weight is 445 g/mol. The fraction of sp³-hybridized carbons (Fsp3) is 0.517. The molecule has 0 aliphatic heterocycles.